The molecule has 0 aromatic carbocycles. The molecule has 0 radical (unpaired) electrons. The first-order chi connectivity index (χ1) is 6.95. The van der Waals surface area contributed by atoms with Gasteiger partial charge in [-0.25, -0.2) is 0 Å². The molecule has 1 atom stereocenters. The van der Waals surface area contributed by atoms with Gasteiger partial charge < -0.3 is 10.3 Å². The summed E-state index contributed by atoms with van der Waals surface area (Å²) in [6.07, 6.45) is -2.21. The average molecular weight is 241 g/mol. The van der Waals surface area contributed by atoms with Crippen LogP contribution >= 0.6 is 11.8 Å². The molecule has 0 saturated carbocycles. The van der Waals surface area contributed by atoms with Crippen LogP contribution in [-0.4, -0.2) is 22.1 Å². The Labute approximate surface area is 88.4 Å². The zero-order valence-corrected chi connectivity index (χ0v) is 8.73. The zero-order chi connectivity index (χ0) is 11.5. The lowest BCUT2D eigenvalue weighted by Gasteiger charge is -2.03. The van der Waals surface area contributed by atoms with Gasteiger partial charge in [0.25, 0.3) is 5.82 Å². The summed E-state index contributed by atoms with van der Waals surface area (Å²) in [7, 11) is 0. The SMILES string of the molecule is CSCC[C@@H](N)c1nc(C(F)(F)F)no1. The fraction of sp³-hybridized carbons (Fsp3) is 0.714. The maximum Gasteiger partial charge on any atom is 0.455 e. The van der Waals surface area contributed by atoms with Crippen LogP contribution in [0.3, 0.4) is 0 Å². The Balaban J connectivity index is 2.67. The van der Waals surface area contributed by atoms with E-state index in [-0.39, 0.29) is 5.89 Å². The number of hydrogen-bond donors (Lipinski definition) is 1. The van der Waals surface area contributed by atoms with Crippen LogP contribution in [0.25, 0.3) is 0 Å². The summed E-state index contributed by atoms with van der Waals surface area (Å²) < 4.78 is 40.7. The summed E-state index contributed by atoms with van der Waals surface area (Å²) in [5.74, 6) is -0.723. The third kappa shape index (κ3) is 3.38. The second-order valence-electron chi connectivity index (χ2n) is 2.84. The molecule has 0 aliphatic heterocycles. The van der Waals surface area contributed by atoms with Crippen LogP contribution in [0.2, 0.25) is 0 Å². The van der Waals surface area contributed by atoms with Crippen molar-refractivity contribution in [3.8, 4) is 0 Å². The summed E-state index contributed by atoms with van der Waals surface area (Å²) in [5.41, 5.74) is 5.56. The minimum absolute atomic E-state index is 0.170. The second kappa shape index (κ2) is 4.84. The van der Waals surface area contributed by atoms with Gasteiger partial charge in [-0.15, -0.1) is 0 Å². The molecule has 0 fully saturated rings. The van der Waals surface area contributed by atoms with Gasteiger partial charge in [0.1, 0.15) is 0 Å². The van der Waals surface area contributed by atoms with Crippen LogP contribution in [0.15, 0.2) is 4.52 Å². The van der Waals surface area contributed by atoms with E-state index < -0.39 is 18.0 Å². The monoisotopic (exact) mass is 241 g/mol. The quantitative estimate of drug-likeness (QED) is 0.871. The van der Waals surface area contributed by atoms with Crippen molar-refractivity contribution in [2.75, 3.05) is 12.0 Å². The van der Waals surface area contributed by atoms with E-state index in [1.165, 1.54) is 0 Å². The van der Waals surface area contributed by atoms with E-state index in [4.69, 9.17) is 5.73 Å². The molecular weight excluding hydrogens is 231 g/mol. The third-order valence-electron chi connectivity index (χ3n) is 1.65. The summed E-state index contributed by atoms with van der Waals surface area (Å²) in [4.78, 5) is 3.20. The van der Waals surface area contributed by atoms with Gasteiger partial charge in [-0.3, -0.25) is 0 Å². The molecule has 0 aliphatic carbocycles. The Bertz CT molecular complexity index is 315. The molecule has 0 saturated heterocycles. The lowest BCUT2D eigenvalue weighted by Crippen LogP contribution is -2.13. The smallest absolute Gasteiger partial charge is 0.337 e. The first-order valence-corrected chi connectivity index (χ1v) is 5.50. The van der Waals surface area contributed by atoms with Crippen molar-refractivity contribution in [1.82, 2.24) is 10.1 Å². The average Bonchev–Trinajstić information content (AvgIpc) is 2.62. The second-order valence-corrected chi connectivity index (χ2v) is 3.83. The Hall–Kier alpha value is -0.760. The van der Waals surface area contributed by atoms with Gasteiger partial charge in [0.2, 0.25) is 5.89 Å². The minimum atomic E-state index is -4.58. The number of rotatable bonds is 4. The molecule has 1 rings (SSSR count). The van der Waals surface area contributed by atoms with E-state index in [0.29, 0.717) is 6.42 Å². The van der Waals surface area contributed by atoms with Crippen molar-refractivity contribution in [2.24, 2.45) is 5.73 Å². The summed E-state index contributed by atoms with van der Waals surface area (Å²) in [6.45, 7) is 0. The van der Waals surface area contributed by atoms with Crippen LogP contribution < -0.4 is 5.73 Å². The summed E-state index contributed by atoms with van der Waals surface area (Å²) in [5, 5.41) is 2.82. The van der Waals surface area contributed by atoms with Gasteiger partial charge in [0.05, 0.1) is 6.04 Å². The van der Waals surface area contributed by atoms with Crippen molar-refractivity contribution >= 4 is 11.8 Å². The maximum absolute atomic E-state index is 12.1. The number of nitrogens with zero attached hydrogens (tertiary/aromatic N) is 2. The van der Waals surface area contributed by atoms with Crippen LogP contribution in [0.1, 0.15) is 24.2 Å². The molecule has 0 aliphatic rings. The molecule has 0 spiro atoms. The normalized spacial score (nSPS) is 14.2. The van der Waals surface area contributed by atoms with Crippen LogP contribution in [0.4, 0.5) is 13.2 Å². The van der Waals surface area contributed by atoms with Gasteiger partial charge in [-0.2, -0.15) is 29.9 Å². The van der Waals surface area contributed by atoms with Crippen molar-refractivity contribution < 1.29 is 17.7 Å². The lowest BCUT2D eigenvalue weighted by atomic mass is 10.2. The third-order valence-corrected chi connectivity index (χ3v) is 2.29. The topological polar surface area (TPSA) is 64.9 Å². The molecule has 1 heterocycles. The number of thioether (sulfide) groups is 1. The molecule has 0 amide bonds. The Morgan fingerprint density at radius 1 is 1.53 bits per heavy atom. The predicted molar refractivity (Wildman–Crippen MR) is 49.2 cm³/mol. The highest BCUT2D eigenvalue weighted by molar-refractivity contribution is 7.98. The Kier molecular flexibility index (Phi) is 3.97. The minimum Gasteiger partial charge on any atom is -0.337 e. The molecule has 0 unspecified atom stereocenters. The lowest BCUT2D eigenvalue weighted by molar-refractivity contribution is -0.146. The van der Waals surface area contributed by atoms with E-state index in [0.717, 1.165) is 5.75 Å². The number of alkyl halides is 3. The van der Waals surface area contributed by atoms with E-state index in [1.54, 1.807) is 11.8 Å². The summed E-state index contributed by atoms with van der Waals surface area (Å²) >= 11 is 1.54. The van der Waals surface area contributed by atoms with Gasteiger partial charge in [0, 0.05) is 0 Å². The molecule has 2 N–H and O–H groups in total. The van der Waals surface area contributed by atoms with Gasteiger partial charge in [0.15, 0.2) is 0 Å². The maximum atomic E-state index is 12.1. The van der Waals surface area contributed by atoms with Crippen LogP contribution in [0, 0.1) is 0 Å². The first-order valence-electron chi connectivity index (χ1n) is 4.10. The van der Waals surface area contributed by atoms with Crippen LogP contribution in [-0.2, 0) is 6.18 Å². The molecule has 1 aromatic rings. The Morgan fingerprint density at radius 2 is 2.20 bits per heavy atom. The van der Waals surface area contributed by atoms with Crippen molar-refractivity contribution in [1.29, 1.82) is 0 Å². The molecule has 1 aromatic heterocycles. The zero-order valence-electron chi connectivity index (χ0n) is 7.91. The van der Waals surface area contributed by atoms with E-state index >= 15 is 0 Å². The number of aromatic nitrogens is 2. The number of nitrogens with two attached hydrogens (primary N) is 1. The first kappa shape index (κ1) is 12.3. The fourth-order valence-electron chi connectivity index (χ4n) is 0.869. The van der Waals surface area contributed by atoms with E-state index in [2.05, 4.69) is 14.7 Å². The van der Waals surface area contributed by atoms with Gasteiger partial charge in [-0.1, -0.05) is 5.16 Å². The fourth-order valence-corrected chi connectivity index (χ4v) is 1.36. The number of hydrogen-bond acceptors (Lipinski definition) is 5. The highest BCUT2D eigenvalue weighted by atomic mass is 32.2. The standard InChI is InChI=1S/C7H10F3N3OS/c1-15-3-2-4(11)5-12-6(13-14-5)7(8,9)10/h4H,2-3,11H2,1H3/t4-/m1/s1. The van der Waals surface area contributed by atoms with E-state index in [9.17, 15) is 13.2 Å². The molecule has 86 valence electrons. The van der Waals surface area contributed by atoms with Crippen molar-refractivity contribution in [3.05, 3.63) is 11.7 Å². The largest absolute Gasteiger partial charge is 0.455 e. The molecule has 8 heteroatoms. The number of halogens is 3. The molecule has 4 nitrogen and oxygen atoms in total. The molecular formula is C7H10F3N3OS. The predicted octanol–water partition coefficient (Wildman–Crippen LogP) is 1.84. The molecule has 15 heavy (non-hydrogen) atoms. The van der Waals surface area contributed by atoms with Crippen molar-refractivity contribution in [2.45, 2.75) is 18.6 Å². The van der Waals surface area contributed by atoms with Gasteiger partial charge >= 0.3 is 6.18 Å². The van der Waals surface area contributed by atoms with Crippen LogP contribution in [0.5, 0.6) is 0 Å². The highest BCUT2D eigenvalue weighted by Gasteiger charge is 2.37. The Morgan fingerprint density at radius 3 is 2.67 bits per heavy atom. The van der Waals surface area contributed by atoms with Gasteiger partial charge in [-0.05, 0) is 18.4 Å². The molecule has 0 bridgehead atoms. The highest BCUT2D eigenvalue weighted by Crippen LogP contribution is 2.27. The summed E-state index contributed by atoms with van der Waals surface area (Å²) in [6, 6.07) is -0.638. The van der Waals surface area contributed by atoms with Crippen molar-refractivity contribution in [3.63, 3.8) is 0 Å². The van der Waals surface area contributed by atoms with E-state index in [1.807, 2.05) is 6.26 Å².